The third-order valence-electron chi connectivity index (χ3n) is 17.0. The van der Waals surface area contributed by atoms with Crippen LogP contribution in [-0.2, 0) is 6.42 Å². The fourth-order valence-corrected chi connectivity index (χ4v) is 13.6. The first-order valence-electron chi connectivity index (χ1n) is 22.9. The van der Waals surface area contributed by atoms with Crippen molar-refractivity contribution in [2.75, 3.05) is 9.80 Å². The fourth-order valence-electron chi connectivity index (χ4n) is 13.6. The zero-order chi connectivity index (χ0) is 40.8. The van der Waals surface area contributed by atoms with Crippen molar-refractivity contribution < 1.29 is 0 Å². The van der Waals surface area contributed by atoms with Gasteiger partial charge in [-0.15, -0.1) is 0 Å². The third kappa shape index (κ3) is 4.74. The molecule has 2 aliphatic heterocycles. The smallest absolute Gasteiger partial charge is 0.0518 e. The van der Waals surface area contributed by atoms with Gasteiger partial charge in [0.15, 0.2) is 0 Å². The number of para-hydroxylation sites is 2. The zero-order valence-corrected chi connectivity index (χ0v) is 35.8. The van der Waals surface area contributed by atoms with Crippen LogP contribution in [0.5, 0.6) is 0 Å². The highest BCUT2D eigenvalue weighted by Crippen LogP contribution is 2.63. The molecule has 0 bridgehead atoms. The second-order valence-corrected chi connectivity index (χ2v) is 19.6. The van der Waals surface area contributed by atoms with Gasteiger partial charge in [-0.1, -0.05) is 117 Å². The van der Waals surface area contributed by atoms with Gasteiger partial charge in [-0.25, -0.2) is 0 Å². The lowest BCUT2D eigenvalue weighted by Gasteiger charge is -2.41. The summed E-state index contributed by atoms with van der Waals surface area (Å²) in [5.74, 6) is 2.30. The molecule has 3 aliphatic carbocycles. The molecular weight excluding hydrogens is 737 g/mol. The molecule has 8 aromatic rings. The summed E-state index contributed by atoms with van der Waals surface area (Å²) in [5.41, 5.74) is 19.6. The minimum atomic E-state index is 0.0809. The van der Waals surface area contributed by atoms with Crippen LogP contribution in [-0.4, -0.2) is 11.1 Å². The van der Waals surface area contributed by atoms with Crippen LogP contribution in [0.1, 0.15) is 87.5 Å². The van der Waals surface area contributed by atoms with Gasteiger partial charge in [-0.05, 0) is 190 Å². The molecule has 13 rings (SSSR count). The van der Waals surface area contributed by atoms with Gasteiger partial charge in [0.2, 0.25) is 0 Å². The molecule has 5 aliphatic rings. The minimum Gasteiger partial charge on any atom is -0.334 e. The quantitative estimate of drug-likeness (QED) is 0.164. The SMILES string of the molecule is CC1CCC2c3cc(-c4ccc5c(c4)Cc4c-5c5ccccc5c5cc(-c6ccc7c(c6)C6CCC(C)C6(C)N7c6ccccc6)ccc45)ccc3N(c3ccccc3)C12C. The molecule has 2 heteroatoms. The predicted molar refractivity (Wildman–Crippen MR) is 257 cm³/mol. The number of rotatable bonds is 4. The van der Waals surface area contributed by atoms with Gasteiger partial charge in [0.1, 0.15) is 0 Å². The van der Waals surface area contributed by atoms with E-state index in [1.807, 2.05) is 0 Å². The molecule has 2 heterocycles. The van der Waals surface area contributed by atoms with E-state index in [2.05, 4.69) is 195 Å². The Morgan fingerprint density at radius 2 is 0.934 bits per heavy atom. The van der Waals surface area contributed by atoms with E-state index in [1.54, 1.807) is 0 Å². The van der Waals surface area contributed by atoms with E-state index in [9.17, 15) is 0 Å². The average Bonchev–Trinajstić information content (AvgIpc) is 4.05. The highest BCUT2D eigenvalue weighted by molar-refractivity contribution is 6.18. The van der Waals surface area contributed by atoms with Crippen molar-refractivity contribution in [3.63, 3.8) is 0 Å². The molecule has 2 saturated carbocycles. The van der Waals surface area contributed by atoms with E-state index in [1.165, 1.54) is 126 Å². The Morgan fingerprint density at radius 1 is 0.443 bits per heavy atom. The van der Waals surface area contributed by atoms with E-state index in [0.717, 1.165) is 6.42 Å². The van der Waals surface area contributed by atoms with Crippen molar-refractivity contribution >= 4 is 44.3 Å². The van der Waals surface area contributed by atoms with Crippen LogP contribution in [0.25, 0.3) is 54.9 Å². The molecule has 8 aromatic carbocycles. The van der Waals surface area contributed by atoms with Gasteiger partial charge in [0.25, 0.3) is 0 Å². The van der Waals surface area contributed by atoms with E-state index in [-0.39, 0.29) is 11.1 Å². The number of fused-ring (bicyclic) bond motifs is 14. The molecule has 0 spiro atoms. The van der Waals surface area contributed by atoms with Gasteiger partial charge in [-0.3, -0.25) is 0 Å². The van der Waals surface area contributed by atoms with Crippen LogP contribution in [0.2, 0.25) is 0 Å². The number of anilines is 4. The van der Waals surface area contributed by atoms with Crippen LogP contribution in [0.3, 0.4) is 0 Å². The topological polar surface area (TPSA) is 6.48 Å². The molecule has 0 amide bonds. The second-order valence-electron chi connectivity index (χ2n) is 19.6. The van der Waals surface area contributed by atoms with Crippen LogP contribution >= 0.6 is 0 Å². The minimum absolute atomic E-state index is 0.0809. The fraction of sp³-hybridized carbons (Fsp3) is 0.254. The first-order valence-corrected chi connectivity index (χ1v) is 22.9. The average molecular weight is 789 g/mol. The first kappa shape index (κ1) is 35.6. The molecule has 2 fully saturated rings. The molecule has 61 heavy (non-hydrogen) atoms. The predicted octanol–water partition coefficient (Wildman–Crippen LogP) is 15.7. The van der Waals surface area contributed by atoms with Crippen molar-refractivity contribution in [3.8, 4) is 33.4 Å². The van der Waals surface area contributed by atoms with E-state index in [0.29, 0.717) is 23.7 Å². The van der Waals surface area contributed by atoms with Crippen LogP contribution in [0.15, 0.2) is 158 Å². The summed E-state index contributed by atoms with van der Waals surface area (Å²) in [4.78, 5) is 5.34. The summed E-state index contributed by atoms with van der Waals surface area (Å²) in [7, 11) is 0. The zero-order valence-electron chi connectivity index (χ0n) is 35.8. The summed E-state index contributed by atoms with van der Waals surface area (Å²) < 4.78 is 0. The lowest BCUT2D eigenvalue weighted by Crippen LogP contribution is -2.45. The summed E-state index contributed by atoms with van der Waals surface area (Å²) in [6.45, 7) is 9.96. The van der Waals surface area contributed by atoms with Crippen molar-refractivity contribution in [1.82, 2.24) is 0 Å². The van der Waals surface area contributed by atoms with Crippen LogP contribution in [0.4, 0.5) is 22.7 Å². The Labute approximate surface area is 360 Å². The number of benzene rings is 8. The molecule has 0 aromatic heterocycles. The Morgan fingerprint density at radius 3 is 1.52 bits per heavy atom. The van der Waals surface area contributed by atoms with Gasteiger partial charge < -0.3 is 9.80 Å². The lowest BCUT2D eigenvalue weighted by atomic mass is 9.81. The Bertz CT molecular complexity index is 3110. The molecular formula is C59H52N2. The van der Waals surface area contributed by atoms with Gasteiger partial charge in [0, 0.05) is 34.6 Å². The maximum atomic E-state index is 2.67. The maximum Gasteiger partial charge on any atom is 0.0518 e. The van der Waals surface area contributed by atoms with E-state index >= 15 is 0 Å². The summed E-state index contributed by atoms with van der Waals surface area (Å²) in [6.07, 6.45) is 5.99. The second kappa shape index (κ2) is 12.7. The number of nitrogens with zero attached hydrogens (tertiary/aromatic N) is 2. The molecule has 0 N–H and O–H groups in total. The molecule has 0 saturated heterocycles. The number of hydrogen-bond donors (Lipinski definition) is 0. The van der Waals surface area contributed by atoms with Crippen LogP contribution < -0.4 is 9.80 Å². The Hall–Kier alpha value is -6.12. The summed E-state index contributed by atoms with van der Waals surface area (Å²) in [6, 6.07) is 60.7. The van der Waals surface area contributed by atoms with Crippen molar-refractivity contribution in [2.45, 2.75) is 82.7 Å². The molecule has 298 valence electrons. The van der Waals surface area contributed by atoms with Crippen molar-refractivity contribution in [2.24, 2.45) is 11.8 Å². The summed E-state index contributed by atoms with van der Waals surface area (Å²) in [5, 5.41) is 5.46. The number of hydrogen-bond acceptors (Lipinski definition) is 2. The monoisotopic (exact) mass is 788 g/mol. The first-order chi connectivity index (χ1) is 29.8. The molecule has 6 atom stereocenters. The molecule has 0 radical (unpaired) electrons. The Balaban J connectivity index is 0.885. The Kier molecular flexibility index (Phi) is 7.42. The van der Waals surface area contributed by atoms with E-state index in [4.69, 9.17) is 0 Å². The standard InChI is InChI=1S/C59H52N2/c1-36-19-27-53-51-33-40(23-29-55(51)60(58(36,53)3)43-13-7-5-8-14-43)38-21-25-45-42(31-38)35-50-47-26-22-39(32-49(47)46-17-11-12-18-48(46)57(45)50)41-24-30-56-52(34-41)54-28-20-37(2)59(54,4)61(56)44-15-9-6-10-16-44/h5-18,21-26,29-34,36-37,53-54H,19-20,27-28,35H2,1-4H3. The molecule has 2 nitrogen and oxygen atoms in total. The van der Waals surface area contributed by atoms with Crippen molar-refractivity contribution in [3.05, 3.63) is 180 Å². The van der Waals surface area contributed by atoms with Crippen molar-refractivity contribution in [1.29, 1.82) is 0 Å². The highest BCUT2D eigenvalue weighted by atomic mass is 15.3. The van der Waals surface area contributed by atoms with Crippen LogP contribution in [0, 0.1) is 11.8 Å². The van der Waals surface area contributed by atoms with Gasteiger partial charge in [0.05, 0.1) is 11.1 Å². The summed E-state index contributed by atoms with van der Waals surface area (Å²) >= 11 is 0. The third-order valence-corrected chi connectivity index (χ3v) is 17.0. The normalized spacial score (nSPS) is 25.4. The largest absolute Gasteiger partial charge is 0.334 e. The maximum absolute atomic E-state index is 2.67. The lowest BCUT2D eigenvalue weighted by molar-refractivity contribution is 0.355. The van der Waals surface area contributed by atoms with E-state index < -0.39 is 0 Å². The van der Waals surface area contributed by atoms with Gasteiger partial charge in [-0.2, -0.15) is 0 Å². The molecule has 6 unspecified atom stereocenters. The highest BCUT2D eigenvalue weighted by Gasteiger charge is 2.56. The van der Waals surface area contributed by atoms with Gasteiger partial charge >= 0.3 is 0 Å².